The zero-order valence-electron chi connectivity index (χ0n) is 13.1. The van der Waals surface area contributed by atoms with Crippen molar-refractivity contribution in [2.45, 2.75) is 19.9 Å². The molecule has 5 nitrogen and oxygen atoms in total. The number of oxazole rings is 1. The molecule has 5 heteroatoms. The van der Waals surface area contributed by atoms with Gasteiger partial charge in [-0.2, -0.15) is 0 Å². The van der Waals surface area contributed by atoms with E-state index in [1.807, 2.05) is 43.3 Å². The second-order valence-corrected chi connectivity index (χ2v) is 5.67. The van der Waals surface area contributed by atoms with Crippen molar-refractivity contribution in [1.29, 1.82) is 0 Å². The third-order valence-electron chi connectivity index (χ3n) is 3.83. The summed E-state index contributed by atoms with van der Waals surface area (Å²) in [5.74, 6) is -0.427. The first-order valence-electron chi connectivity index (χ1n) is 7.43. The molecule has 1 aromatic heterocycles. The Kier molecular flexibility index (Phi) is 4.02. The minimum absolute atomic E-state index is 0.0385. The smallest absolute Gasteiger partial charge is 0.408 e. The predicted octanol–water partition coefficient (Wildman–Crippen LogP) is 2.30. The Morgan fingerprint density at radius 2 is 1.83 bits per heavy atom. The lowest BCUT2D eigenvalue weighted by Crippen LogP contribution is -2.24. The van der Waals surface area contributed by atoms with Crippen LogP contribution in [0.1, 0.15) is 16.7 Å². The third kappa shape index (κ3) is 3.34. The fraction of sp³-hybridized carbons (Fsp3) is 0.222. The van der Waals surface area contributed by atoms with Gasteiger partial charge in [-0.25, -0.2) is 4.79 Å². The number of carbonyl (C=O) groups excluding carboxylic acids is 1. The quantitative estimate of drug-likeness (QED) is 0.804. The Bertz CT molecular complexity index is 904. The molecular formula is C18H18N2O3. The van der Waals surface area contributed by atoms with Gasteiger partial charge >= 0.3 is 5.76 Å². The van der Waals surface area contributed by atoms with Crippen LogP contribution in [0.15, 0.2) is 51.7 Å². The summed E-state index contributed by atoms with van der Waals surface area (Å²) in [6, 6.07) is 13.4. The van der Waals surface area contributed by atoms with Crippen LogP contribution in [-0.2, 0) is 24.8 Å². The number of aromatic nitrogens is 1. The molecule has 0 radical (unpaired) electrons. The third-order valence-corrected chi connectivity index (χ3v) is 3.83. The Labute approximate surface area is 133 Å². The van der Waals surface area contributed by atoms with Crippen LogP contribution in [0.3, 0.4) is 0 Å². The molecule has 2 aromatic carbocycles. The summed E-state index contributed by atoms with van der Waals surface area (Å²) in [6.45, 7) is 2.42. The van der Waals surface area contributed by atoms with Crippen LogP contribution >= 0.6 is 0 Å². The van der Waals surface area contributed by atoms with Gasteiger partial charge in [0.15, 0.2) is 5.58 Å². The maximum atomic E-state index is 12.0. The molecule has 0 bridgehead atoms. The topological polar surface area (TPSA) is 64.2 Å². The number of nitrogens with one attached hydrogen (secondary N) is 1. The molecule has 0 saturated heterocycles. The molecule has 0 aliphatic carbocycles. The Morgan fingerprint density at radius 3 is 2.57 bits per heavy atom. The summed E-state index contributed by atoms with van der Waals surface area (Å²) in [6.07, 6.45) is 0.350. The van der Waals surface area contributed by atoms with Gasteiger partial charge in [0, 0.05) is 13.6 Å². The van der Waals surface area contributed by atoms with E-state index in [-0.39, 0.29) is 11.7 Å². The zero-order chi connectivity index (χ0) is 16.4. The average Bonchev–Trinajstić information content (AvgIpc) is 2.82. The maximum absolute atomic E-state index is 12.0. The standard InChI is InChI=1S/C18H18N2O3/c1-12-3-5-13(6-4-12)10-17(21)19-11-14-7-8-15-16(9-14)23-18(22)20(15)2/h3-9H,10-11H2,1-2H3,(H,19,21). The number of aryl methyl sites for hydroxylation is 2. The van der Waals surface area contributed by atoms with E-state index in [1.54, 1.807) is 13.1 Å². The number of fused-ring (bicyclic) bond motifs is 1. The van der Waals surface area contributed by atoms with Crippen molar-refractivity contribution in [2.24, 2.45) is 7.05 Å². The maximum Gasteiger partial charge on any atom is 0.419 e. The van der Waals surface area contributed by atoms with Crippen LogP contribution in [0.5, 0.6) is 0 Å². The lowest BCUT2D eigenvalue weighted by atomic mass is 10.1. The Balaban J connectivity index is 1.64. The minimum atomic E-state index is -0.388. The van der Waals surface area contributed by atoms with Crippen molar-refractivity contribution in [3.8, 4) is 0 Å². The normalized spacial score (nSPS) is 10.9. The summed E-state index contributed by atoms with van der Waals surface area (Å²) >= 11 is 0. The second kappa shape index (κ2) is 6.12. The highest BCUT2D eigenvalue weighted by atomic mass is 16.4. The fourth-order valence-electron chi connectivity index (χ4n) is 2.44. The van der Waals surface area contributed by atoms with E-state index in [0.29, 0.717) is 18.5 Å². The fourth-order valence-corrected chi connectivity index (χ4v) is 2.44. The van der Waals surface area contributed by atoms with E-state index in [0.717, 1.165) is 16.6 Å². The molecule has 0 aliphatic rings. The number of benzene rings is 2. The Hall–Kier alpha value is -2.82. The molecule has 0 saturated carbocycles. The second-order valence-electron chi connectivity index (χ2n) is 5.67. The lowest BCUT2D eigenvalue weighted by molar-refractivity contribution is -0.120. The minimum Gasteiger partial charge on any atom is -0.408 e. The SMILES string of the molecule is Cc1ccc(CC(=O)NCc2ccc3c(c2)oc(=O)n3C)cc1. The zero-order valence-corrected chi connectivity index (χ0v) is 13.1. The van der Waals surface area contributed by atoms with E-state index in [4.69, 9.17) is 4.42 Å². The number of hydrogen-bond acceptors (Lipinski definition) is 3. The summed E-state index contributed by atoms with van der Waals surface area (Å²) < 4.78 is 6.60. The van der Waals surface area contributed by atoms with Crippen LogP contribution in [0.25, 0.3) is 11.1 Å². The molecule has 0 fully saturated rings. The summed E-state index contributed by atoms with van der Waals surface area (Å²) in [5.41, 5.74) is 4.32. The van der Waals surface area contributed by atoms with E-state index >= 15 is 0 Å². The van der Waals surface area contributed by atoms with Gasteiger partial charge in [-0.15, -0.1) is 0 Å². The molecule has 3 rings (SSSR count). The van der Waals surface area contributed by atoms with E-state index in [2.05, 4.69) is 5.32 Å². The first kappa shape index (κ1) is 15.1. The molecular weight excluding hydrogens is 292 g/mol. The molecule has 0 atom stereocenters. The first-order chi connectivity index (χ1) is 11.0. The highest BCUT2D eigenvalue weighted by Gasteiger charge is 2.08. The van der Waals surface area contributed by atoms with Crippen LogP contribution in [-0.4, -0.2) is 10.5 Å². The number of rotatable bonds is 4. The molecule has 0 aliphatic heterocycles. The van der Waals surface area contributed by atoms with Crippen LogP contribution in [0, 0.1) is 6.92 Å². The van der Waals surface area contributed by atoms with Gasteiger partial charge in [0.25, 0.3) is 0 Å². The largest absolute Gasteiger partial charge is 0.419 e. The first-order valence-corrected chi connectivity index (χ1v) is 7.43. The monoisotopic (exact) mass is 310 g/mol. The summed E-state index contributed by atoms with van der Waals surface area (Å²) in [5, 5.41) is 2.88. The van der Waals surface area contributed by atoms with Crippen molar-refractivity contribution in [3.63, 3.8) is 0 Å². The van der Waals surface area contributed by atoms with E-state index in [1.165, 1.54) is 10.1 Å². The van der Waals surface area contributed by atoms with Crippen molar-refractivity contribution >= 4 is 17.0 Å². The van der Waals surface area contributed by atoms with Gasteiger partial charge in [0.05, 0.1) is 11.9 Å². The average molecular weight is 310 g/mol. The Morgan fingerprint density at radius 1 is 1.13 bits per heavy atom. The molecule has 23 heavy (non-hydrogen) atoms. The highest BCUT2D eigenvalue weighted by molar-refractivity contribution is 5.79. The highest BCUT2D eigenvalue weighted by Crippen LogP contribution is 2.14. The van der Waals surface area contributed by atoms with Crippen LogP contribution in [0.2, 0.25) is 0 Å². The van der Waals surface area contributed by atoms with Gasteiger partial charge in [-0.1, -0.05) is 35.9 Å². The molecule has 118 valence electrons. The van der Waals surface area contributed by atoms with E-state index in [9.17, 15) is 9.59 Å². The van der Waals surface area contributed by atoms with Crippen molar-refractivity contribution < 1.29 is 9.21 Å². The van der Waals surface area contributed by atoms with Crippen LogP contribution in [0.4, 0.5) is 0 Å². The summed E-state index contributed by atoms with van der Waals surface area (Å²) in [4.78, 5) is 23.5. The number of amides is 1. The molecule has 1 heterocycles. The molecule has 3 aromatic rings. The predicted molar refractivity (Wildman–Crippen MR) is 88.2 cm³/mol. The molecule has 1 amide bonds. The summed E-state index contributed by atoms with van der Waals surface area (Å²) in [7, 11) is 1.66. The van der Waals surface area contributed by atoms with Gasteiger partial charge < -0.3 is 9.73 Å². The van der Waals surface area contributed by atoms with Crippen molar-refractivity contribution in [2.75, 3.05) is 0 Å². The van der Waals surface area contributed by atoms with Crippen molar-refractivity contribution in [1.82, 2.24) is 9.88 Å². The molecule has 0 spiro atoms. The van der Waals surface area contributed by atoms with Crippen molar-refractivity contribution in [3.05, 3.63) is 69.7 Å². The molecule has 0 unspecified atom stereocenters. The molecule has 1 N–H and O–H groups in total. The van der Waals surface area contributed by atoms with Gasteiger partial charge in [0.1, 0.15) is 0 Å². The number of hydrogen-bond donors (Lipinski definition) is 1. The number of nitrogens with zero attached hydrogens (tertiary/aromatic N) is 1. The van der Waals surface area contributed by atoms with E-state index < -0.39 is 0 Å². The van der Waals surface area contributed by atoms with Crippen LogP contribution < -0.4 is 11.1 Å². The van der Waals surface area contributed by atoms with Gasteiger partial charge in [-0.05, 0) is 30.2 Å². The van der Waals surface area contributed by atoms with Gasteiger partial charge in [0.2, 0.25) is 5.91 Å². The number of carbonyl (C=O) groups is 1. The lowest BCUT2D eigenvalue weighted by Gasteiger charge is -2.06. The van der Waals surface area contributed by atoms with Gasteiger partial charge in [-0.3, -0.25) is 9.36 Å².